The van der Waals surface area contributed by atoms with E-state index in [1.54, 1.807) is 0 Å². The van der Waals surface area contributed by atoms with Crippen molar-refractivity contribution in [2.75, 3.05) is 0 Å². The van der Waals surface area contributed by atoms with Crippen LogP contribution in [0.2, 0.25) is 0 Å². The first kappa shape index (κ1) is 16.6. The molecule has 1 atom stereocenters. The van der Waals surface area contributed by atoms with Crippen LogP contribution in [0.5, 0.6) is 0 Å². The van der Waals surface area contributed by atoms with E-state index in [4.69, 9.17) is 5.73 Å². The van der Waals surface area contributed by atoms with Crippen LogP contribution in [0.15, 0.2) is 42.5 Å². The van der Waals surface area contributed by atoms with Gasteiger partial charge in [0.1, 0.15) is 6.04 Å². The van der Waals surface area contributed by atoms with E-state index < -0.39 is 29.5 Å². The zero-order chi connectivity index (χ0) is 17.0. The van der Waals surface area contributed by atoms with Crippen molar-refractivity contribution in [1.82, 2.24) is 5.32 Å². The van der Waals surface area contributed by atoms with Crippen LogP contribution in [0.4, 0.5) is 8.78 Å². The summed E-state index contributed by atoms with van der Waals surface area (Å²) in [7, 11) is 0. The standard InChI is InChI=1S/C17H16F2N2O2/c1-10-2-4-11(5-3-10)8-15(16(20)22)21-17(23)12-6-7-13(18)14(19)9-12/h2-7,9,15H,8H2,1H3,(H2,20,22)(H,21,23)/t15-/m1/s1. The highest BCUT2D eigenvalue weighted by atomic mass is 19.2. The molecule has 0 aromatic heterocycles. The molecular weight excluding hydrogens is 302 g/mol. The summed E-state index contributed by atoms with van der Waals surface area (Å²) in [6.45, 7) is 1.93. The number of nitrogens with one attached hydrogen (secondary N) is 1. The summed E-state index contributed by atoms with van der Waals surface area (Å²) >= 11 is 0. The first-order chi connectivity index (χ1) is 10.9. The predicted molar refractivity (Wildman–Crippen MR) is 81.7 cm³/mol. The van der Waals surface area contributed by atoms with Gasteiger partial charge in [-0.15, -0.1) is 0 Å². The maximum atomic E-state index is 13.2. The summed E-state index contributed by atoms with van der Waals surface area (Å²) in [6, 6.07) is 9.23. The summed E-state index contributed by atoms with van der Waals surface area (Å²) in [6.07, 6.45) is 0.213. The topological polar surface area (TPSA) is 72.2 Å². The van der Waals surface area contributed by atoms with Crippen LogP contribution in [0, 0.1) is 18.6 Å². The van der Waals surface area contributed by atoms with Crippen molar-refractivity contribution in [2.24, 2.45) is 5.73 Å². The average molecular weight is 318 g/mol. The monoisotopic (exact) mass is 318 g/mol. The average Bonchev–Trinajstić information content (AvgIpc) is 2.51. The molecule has 23 heavy (non-hydrogen) atoms. The quantitative estimate of drug-likeness (QED) is 0.886. The third-order valence-corrected chi connectivity index (χ3v) is 3.39. The van der Waals surface area contributed by atoms with Gasteiger partial charge in [-0.1, -0.05) is 29.8 Å². The fourth-order valence-corrected chi connectivity index (χ4v) is 2.06. The maximum Gasteiger partial charge on any atom is 0.252 e. The zero-order valence-electron chi connectivity index (χ0n) is 12.5. The molecule has 0 aliphatic carbocycles. The SMILES string of the molecule is Cc1ccc(C[C@@H](NC(=O)c2ccc(F)c(F)c2)C(N)=O)cc1. The number of benzene rings is 2. The van der Waals surface area contributed by atoms with E-state index in [9.17, 15) is 18.4 Å². The second kappa shape index (κ2) is 7.00. The second-order valence-electron chi connectivity index (χ2n) is 5.25. The Morgan fingerprint density at radius 2 is 1.74 bits per heavy atom. The molecule has 3 N–H and O–H groups in total. The van der Waals surface area contributed by atoms with Crippen molar-refractivity contribution < 1.29 is 18.4 Å². The Kier molecular flexibility index (Phi) is 5.05. The molecule has 120 valence electrons. The van der Waals surface area contributed by atoms with Gasteiger partial charge in [-0.3, -0.25) is 9.59 Å². The number of aryl methyl sites for hydroxylation is 1. The van der Waals surface area contributed by atoms with Crippen molar-refractivity contribution in [3.63, 3.8) is 0 Å². The number of carbonyl (C=O) groups excluding carboxylic acids is 2. The fraction of sp³-hybridized carbons (Fsp3) is 0.176. The first-order valence-electron chi connectivity index (χ1n) is 6.97. The van der Waals surface area contributed by atoms with E-state index in [2.05, 4.69) is 5.32 Å². The molecule has 0 radical (unpaired) electrons. The van der Waals surface area contributed by atoms with Gasteiger partial charge in [0.15, 0.2) is 11.6 Å². The highest BCUT2D eigenvalue weighted by Crippen LogP contribution is 2.10. The van der Waals surface area contributed by atoms with Gasteiger partial charge in [-0.05, 0) is 30.7 Å². The van der Waals surface area contributed by atoms with Crippen molar-refractivity contribution >= 4 is 11.8 Å². The molecule has 2 amide bonds. The lowest BCUT2D eigenvalue weighted by Gasteiger charge is -2.16. The van der Waals surface area contributed by atoms with Gasteiger partial charge in [-0.25, -0.2) is 8.78 Å². The molecule has 0 bridgehead atoms. The van der Waals surface area contributed by atoms with Crippen molar-refractivity contribution in [2.45, 2.75) is 19.4 Å². The van der Waals surface area contributed by atoms with Crippen molar-refractivity contribution in [3.05, 3.63) is 70.8 Å². The van der Waals surface area contributed by atoms with E-state index in [1.165, 1.54) is 0 Å². The third kappa shape index (κ3) is 4.35. The van der Waals surface area contributed by atoms with E-state index in [0.29, 0.717) is 0 Å². The molecule has 0 heterocycles. The Bertz CT molecular complexity index is 730. The van der Waals surface area contributed by atoms with Gasteiger partial charge in [-0.2, -0.15) is 0 Å². The number of amides is 2. The highest BCUT2D eigenvalue weighted by molar-refractivity contribution is 5.97. The maximum absolute atomic E-state index is 13.2. The molecule has 0 saturated carbocycles. The van der Waals surface area contributed by atoms with Gasteiger partial charge < -0.3 is 11.1 Å². The van der Waals surface area contributed by atoms with Crippen molar-refractivity contribution in [3.8, 4) is 0 Å². The molecule has 4 nitrogen and oxygen atoms in total. The number of nitrogens with two attached hydrogens (primary N) is 1. The molecule has 2 aromatic rings. The Hall–Kier alpha value is -2.76. The van der Waals surface area contributed by atoms with Gasteiger partial charge >= 0.3 is 0 Å². The highest BCUT2D eigenvalue weighted by Gasteiger charge is 2.20. The van der Waals surface area contributed by atoms with Crippen molar-refractivity contribution in [1.29, 1.82) is 0 Å². The molecular formula is C17H16F2N2O2. The van der Waals surface area contributed by atoms with Crippen LogP contribution in [0.25, 0.3) is 0 Å². The number of halogens is 2. The molecule has 2 aromatic carbocycles. The lowest BCUT2D eigenvalue weighted by Crippen LogP contribution is -2.45. The molecule has 0 unspecified atom stereocenters. The minimum absolute atomic E-state index is 0.0842. The summed E-state index contributed by atoms with van der Waals surface area (Å²) in [5, 5.41) is 2.44. The minimum Gasteiger partial charge on any atom is -0.368 e. The molecule has 0 saturated heterocycles. The molecule has 0 spiro atoms. The molecule has 2 rings (SSSR count). The predicted octanol–water partition coefficient (Wildman–Crippen LogP) is 2.10. The summed E-state index contributed by atoms with van der Waals surface area (Å²) in [5.74, 6) is -3.58. The summed E-state index contributed by atoms with van der Waals surface area (Å²) in [4.78, 5) is 23.6. The third-order valence-electron chi connectivity index (χ3n) is 3.39. The van der Waals surface area contributed by atoms with E-state index in [0.717, 1.165) is 29.3 Å². The van der Waals surface area contributed by atoms with E-state index >= 15 is 0 Å². The molecule has 6 heteroatoms. The number of rotatable bonds is 5. The number of carbonyl (C=O) groups is 2. The Balaban J connectivity index is 2.12. The van der Waals surface area contributed by atoms with Gasteiger partial charge in [0.2, 0.25) is 5.91 Å². The Labute approximate surface area is 132 Å². The second-order valence-corrected chi connectivity index (χ2v) is 5.25. The molecule has 0 fully saturated rings. The molecule has 0 aliphatic rings. The zero-order valence-corrected chi connectivity index (χ0v) is 12.5. The smallest absolute Gasteiger partial charge is 0.252 e. The van der Waals surface area contributed by atoms with E-state index in [1.807, 2.05) is 31.2 Å². The number of hydrogen-bond donors (Lipinski definition) is 2. The lowest BCUT2D eigenvalue weighted by atomic mass is 10.0. The number of primary amides is 1. The lowest BCUT2D eigenvalue weighted by molar-refractivity contribution is -0.119. The van der Waals surface area contributed by atoms with Gasteiger partial charge in [0.25, 0.3) is 5.91 Å². The summed E-state index contributed by atoms with van der Waals surface area (Å²) in [5.41, 5.74) is 7.11. The van der Waals surface area contributed by atoms with Crippen LogP contribution >= 0.6 is 0 Å². The van der Waals surface area contributed by atoms with Crippen LogP contribution in [0.3, 0.4) is 0 Å². The first-order valence-corrected chi connectivity index (χ1v) is 6.97. The van der Waals surface area contributed by atoms with Gasteiger partial charge in [0, 0.05) is 12.0 Å². The number of hydrogen-bond acceptors (Lipinski definition) is 2. The Morgan fingerprint density at radius 1 is 1.09 bits per heavy atom. The van der Waals surface area contributed by atoms with Crippen LogP contribution in [0.1, 0.15) is 21.5 Å². The molecule has 0 aliphatic heterocycles. The normalized spacial score (nSPS) is 11.8. The fourth-order valence-electron chi connectivity index (χ4n) is 2.06. The van der Waals surface area contributed by atoms with Gasteiger partial charge in [0.05, 0.1) is 0 Å². The van der Waals surface area contributed by atoms with Crippen LogP contribution in [-0.2, 0) is 11.2 Å². The van der Waals surface area contributed by atoms with E-state index in [-0.39, 0.29) is 12.0 Å². The Morgan fingerprint density at radius 3 is 2.30 bits per heavy atom. The largest absolute Gasteiger partial charge is 0.368 e. The summed E-state index contributed by atoms with van der Waals surface area (Å²) < 4.78 is 26.1. The van der Waals surface area contributed by atoms with Crippen LogP contribution < -0.4 is 11.1 Å². The van der Waals surface area contributed by atoms with Crippen LogP contribution in [-0.4, -0.2) is 17.9 Å². The minimum atomic E-state index is -1.13.